The summed E-state index contributed by atoms with van der Waals surface area (Å²) in [4.78, 5) is 0. The summed E-state index contributed by atoms with van der Waals surface area (Å²) in [7, 11) is 0. The van der Waals surface area contributed by atoms with Crippen LogP contribution < -0.4 is 5.32 Å². The molecule has 21 heavy (non-hydrogen) atoms. The van der Waals surface area contributed by atoms with Gasteiger partial charge in [0.1, 0.15) is 0 Å². The standard InChI is InChI=1S/C20H27N/c1-4-14-21-20(19-12-6-16(3)7-13-19)15-18-10-8-17(5-2)9-11-18/h6-13,20-21H,4-5,14-15H2,1-3H3. The normalized spacial score (nSPS) is 12.3. The Morgan fingerprint density at radius 2 is 1.48 bits per heavy atom. The van der Waals surface area contributed by atoms with E-state index in [1.807, 2.05) is 0 Å². The van der Waals surface area contributed by atoms with Crippen molar-refractivity contribution < 1.29 is 0 Å². The van der Waals surface area contributed by atoms with Crippen molar-refractivity contribution >= 4 is 0 Å². The van der Waals surface area contributed by atoms with Gasteiger partial charge >= 0.3 is 0 Å². The van der Waals surface area contributed by atoms with Crippen molar-refractivity contribution in [3.8, 4) is 0 Å². The average Bonchev–Trinajstić information content (AvgIpc) is 2.53. The van der Waals surface area contributed by atoms with Gasteiger partial charge in [0.25, 0.3) is 0 Å². The quantitative estimate of drug-likeness (QED) is 0.765. The van der Waals surface area contributed by atoms with Crippen LogP contribution in [-0.2, 0) is 12.8 Å². The van der Waals surface area contributed by atoms with Crippen molar-refractivity contribution in [2.45, 2.75) is 46.1 Å². The lowest BCUT2D eigenvalue weighted by molar-refractivity contribution is 0.529. The lowest BCUT2D eigenvalue weighted by atomic mass is 9.97. The Labute approximate surface area is 129 Å². The minimum absolute atomic E-state index is 0.401. The van der Waals surface area contributed by atoms with Gasteiger partial charge in [-0.3, -0.25) is 0 Å². The van der Waals surface area contributed by atoms with Gasteiger partial charge in [-0.05, 0) is 49.4 Å². The first-order valence-corrected chi connectivity index (χ1v) is 8.10. The topological polar surface area (TPSA) is 12.0 Å². The van der Waals surface area contributed by atoms with Gasteiger partial charge in [0, 0.05) is 6.04 Å². The Kier molecular flexibility index (Phi) is 6.01. The summed E-state index contributed by atoms with van der Waals surface area (Å²) in [6, 6.07) is 18.4. The Morgan fingerprint density at radius 3 is 2.05 bits per heavy atom. The lowest BCUT2D eigenvalue weighted by Gasteiger charge is -2.19. The van der Waals surface area contributed by atoms with Crippen LogP contribution >= 0.6 is 0 Å². The molecule has 0 heterocycles. The third kappa shape index (κ3) is 4.71. The summed E-state index contributed by atoms with van der Waals surface area (Å²) in [6.45, 7) is 7.62. The number of hydrogen-bond donors (Lipinski definition) is 1. The SMILES string of the molecule is CCCNC(Cc1ccc(CC)cc1)c1ccc(C)cc1. The second kappa shape index (κ2) is 7.99. The largest absolute Gasteiger partial charge is 0.310 e. The molecule has 0 spiro atoms. The second-order valence-corrected chi connectivity index (χ2v) is 5.79. The molecule has 0 saturated heterocycles. The van der Waals surface area contributed by atoms with Crippen LogP contribution in [0.3, 0.4) is 0 Å². The van der Waals surface area contributed by atoms with E-state index in [4.69, 9.17) is 0 Å². The fraction of sp³-hybridized carbons (Fsp3) is 0.400. The third-order valence-electron chi connectivity index (χ3n) is 3.99. The number of benzene rings is 2. The highest BCUT2D eigenvalue weighted by Crippen LogP contribution is 2.19. The van der Waals surface area contributed by atoms with Crippen molar-refractivity contribution in [1.29, 1.82) is 0 Å². The smallest absolute Gasteiger partial charge is 0.0360 e. The summed E-state index contributed by atoms with van der Waals surface area (Å²) < 4.78 is 0. The van der Waals surface area contributed by atoms with Gasteiger partial charge in [-0.1, -0.05) is 67.9 Å². The summed E-state index contributed by atoms with van der Waals surface area (Å²) in [5, 5.41) is 3.68. The predicted octanol–water partition coefficient (Wildman–Crippen LogP) is 4.84. The monoisotopic (exact) mass is 281 g/mol. The molecule has 0 saturated carbocycles. The molecule has 2 aromatic rings. The maximum Gasteiger partial charge on any atom is 0.0360 e. The second-order valence-electron chi connectivity index (χ2n) is 5.79. The molecule has 1 unspecified atom stereocenters. The first-order chi connectivity index (χ1) is 10.2. The minimum atomic E-state index is 0.401. The van der Waals surface area contributed by atoms with Crippen molar-refractivity contribution in [2.24, 2.45) is 0 Å². The molecule has 2 rings (SSSR count). The van der Waals surface area contributed by atoms with Crippen LogP contribution in [0.4, 0.5) is 0 Å². The van der Waals surface area contributed by atoms with Crippen LogP contribution in [0.2, 0.25) is 0 Å². The van der Waals surface area contributed by atoms with E-state index in [0.717, 1.165) is 25.8 Å². The third-order valence-corrected chi connectivity index (χ3v) is 3.99. The zero-order valence-corrected chi connectivity index (χ0v) is 13.5. The van der Waals surface area contributed by atoms with E-state index < -0.39 is 0 Å². The highest BCUT2D eigenvalue weighted by Gasteiger charge is 2.11. The molecule has 0 fully saturated rings. The Morgan fingerprint density at radius 1 is 0.857 bits per heavy atom. The number of hydrogen-bond acceptors (Lipinski definition) is 1. The van der Waals surface area contributed by atoms with Crippen LogP contribution in [-0.4, -0.2) is 6.54 Å². The van der Waals surface area contributed by atoms with E-state index in [-0.39, 0.29) is 0 Å². The number of rotatable bonds is 7. The molecule has 0 aliphatic rings. The zero-order chi connectivity index (χ0) is 15.1. The first-order valence-electron chi connectivity index (χ1n) is 8.10. The maximum atomic E-state index is 3.68. The van der Waals surface area contributed by atoms with Crippen LogP contribution in [0.25, 0.3) is 0 Å². The maximum absolute atomic E-state index is 3.68. The summed E-state index contributed by atoms with van der Waals surface area (Å²) in [5.74, 6) is 0. The van der Waals surface area contributed by atoms with Gasteiger partial charge in [0.2, 0.25) is 0 Å². The Bertz CT molecular complexity index is 525. The number of nitrogens with one attached hydrogen (secondary N) is 1. The molecule has 2 aromatic carbocycles. The highest BCUT2D eigenvalue weighted by atomic mass is 14.9. The molecule has 112 valence electrons. The van der Waals surface area contributed by atoms with Crippen molar-refractivity contribution in [1.82, 2.24) is 5.32 Å². The van der Waals surface area contributed by atoms with Gasteiger partial charge in [-0.25, -0.2) is 0 Å². The Balaban J connectivity index is 2.13. The summed E-state index contributed by atoms with van der Waals surface area (Å²) >= 11 is 0. The molecular formula is C20H27N. The molecule has 0 aromatic heterocycles. The molecule has 1 nitrogen and oxygen atoms in total. The molecule has 0 amide bonds. The fourth-order valence-electron chi connectivity index (χ4n) is 2.57. The van der Waals surface area contributed by atoms with Crippen LogP contribution in [0.1, 0.15) is 48.6 Å². The van der Waals surface area contributed by atoms with Gasteiger partial charge in [-0.2, -0.15) is 0 Å². The lowest BCUT2D eigenvalue weighted by Crippen LogP contribution is -2.24. The predicted molar refractivity (Wildman–Crippen MR) is 91.7 cm³/mol. The first kappa shape index (κ1) is 15.8. The summed E-state index contributed by atoms with van der Waals surface area (Å²) in [6.07, 6.45) is 3.32. The molecule has 1 atom stereocenters. The van der Waals surface area contributed by atoms with Gasteiger partial charge in [-0.15, -0.1) is 0 Å². The molecular weight excluding hydrogens is 254 g/mol. The van der Waals surface area contributed by atoms with Crippen molar-refractivity contribution in [2.75, 3.05) is 6.54 Å². The average molecular weight is 281 g/mol. The van der Waals surface area contributed by atoms with Gasteiger partial charge in [0.15, 0.2) is 0 Å². The van der Waals surface area contributed by atoms with Crippen LogP contribution in [0, 0.1) is 6.92 Å². The molecule has 0 aliphatic carbocycles. The minimum Gasteiger partial charge on any atom is -0.310 e. The molecule has 0 radical (unpaired) electrons. The van der Waals surface area contributed by atoms with Crippen molar-refractivity contribution in [3.05, 3.63) is 70.8 Å². The molecule has 1 N–H and O–H groups in total. The zero-order valence-electron chi connectivity index (χ0n) is 13.5. The van der Waals surface area contributed by atoms with E-state index in [9.17, 15) is 0 Å². The van der Waals surface area contributed by atoms with Gasteiger partial charge < -0.3 is 5.32 Å². The van der Waals surface area contributed by atoms with Gasteiger partial charge in [0.05, 0.1) is 0 Å². The van der Waals surface area contributed by atoms with Crippen molar-refractivity contribution in [3.63, 3.8) is 0 Å². The van der Waals surface area contributed by atoms with E-state index in [2.05, 4.69) is 74.6 Å². The Hall–Kier alpha value is -1.60. The van der Waals surface area contributed by atoms with Crippen LogP contribution in [0.5, 0.6) is 0 Å². The molecule has 1 heteroatoms. The van der Waals surface area contributed by atoms with E-state index in [1.54, 1.807) is 0 Å². The van der Waals surface area contributed by atoms with E-state index in [1.165, 1.54) is 22.3 Å². The summed E-state index contributed by atoms with van der Waals surface area (Å²) in [5.41, 5.74) is 5.52. The fourth-order valence-corrected chi connectivity index (χ4v) is 2.57. The number of aryl methyl sites for hydroxylation is 2. The molecule has 0 bridgehead atoms. The van der Waals surface area contributed by atoms with Crippen LogP contribution in [0.15, 0.2) is 48.5 Å². The highest BCUT2D eigenvalue weighted by molar-refractivity contribution is 5.28. The molecule has 0 aliphatic heterocycles. The van der Waals surface area contributed by atoms with E-state index in [0.29, 0.717) is 6.04 Å². The van der Waals surface area contributed by atoms with E-state index >= 15 is 0 Å².